The average molecular weight is 343 g/mol. The molecule has 0 saturated heterocycles. The summed E-state index contributed by atoms with van der Waals surface area (Å²) in [5.41, 5.74) is 5.45. The van der Waals surface area contributed by atoms with Gasteiger partial charge in [0.1, 0.15) is 11.3 Å². The van der Waals surface area contributed by atoms with Gasteiger partial charge in [0.15, 0.2) is 0 Å². The van der Waals surface area contributed by atoms with Crippen LogP contribution in [0.1, 0.15) is 21.7 Å². The molecule has 3 aromatic heterocycles. The van der Waals surface area contributed by atoms with Crippen molar-refractivity contribution in [1.29, 1.82) is 0 Å². The molecule has 0 fully saturated rings. The molecule has 26 heavy (non-hydrogen) atoms. The van der Waals surface area contributed by atoms with Crippen molar-refractivity contribution in [2.75, 3.05) is 5.32 Å². The molecule has 0 bridgehead atoms. The fourth-order valence-corrected chi connectivity index (χ4v) is 2.74. The zero-order valence-corrected chi connectivity index (χ0v) is 14.5. The zero-order valence-electron chi connectivity index (χ0n) is 14.5. The van der Waals surface area contributed by atoms with Gasteiger partial charge in [-0.15, -0.1) is 0 Å². The molecule has 6 heteroatoms. The number of nitrogens with zero attached hydrogens (tertiary/aromatic N) is 4. The third-order valence-electron chi connectivity index (χ3n) is 4.21. The molecular weight excluding hydrogens is 326 g/mol. The number of imidazole rings is 1. The summed E-state index contributed by atoms with van der Waals surface area (Å²) in [6, 6.07) is 11.5. The van der Waals surface area contributed by atoms with Gasteiger partial charge >= 0.3 is 0 Å². The lowest BCUT2D eigenvalue weighted by atomic mass is 10.1. The molecule has 0 spiro atoms. The molecule has 1 amide bonds. The van der Waals surface area contributed by atoms with E-state index in [0.29, 0.717) is 5.69 Å². The van der Waals surface area contributed by atoms with E-state index in [-0.39, 0.29) is 5.91 Å². The smallest absolute Gasteiger partial charge is 0.274 e. The van der Waals surface area contributed by atoms with Crippen LogP contribution in [0.2, 0.25) is 0 Å². The Morgan fingerprint density at radius 2 is 1.88 bits per heavy atom. The number of pyridine rings is 1. The minimum absolute atomic E-state index is 0.209. The highest BCUT2D eigenvalue weighted by atomic mass is 16.1. The molecular formula is C20H17N5O. The van der Waals surface area contributed by atoms with Crippen molar-refractivity contribution in [2.45, 2.75) is 13.8 Å². The van der Waals surface area contributed by atoms with Gasteiger partial charge in [-0.25, -0.2) is 4.98 Å². The first-order valence-corrected chi connectivity index (χ1v) is 8.25. The van der Waals surface area contributed by atoms with Gasteiger partial charge in [-0.2, -0.15) is 0 Å². The topological polar surface area (TPSA) is 72.2 Å². The summed E-state index contributed by atoms with van der Waals surface area (Å²) >= 11 is 0. The number of fused-ring (bicyclic) bond motifs is 1. The van der Waals surface area contributed by atoms with Crippen molar-refractivity contribution in [3.8, 4) is 11.3 Å². The maximum absolute atomic E-state index is 12.7. The molecule has 0 aliphatic heterocycles. The van der Waals surface area contributed by atoms with E-state index in [4.69, 9.17) is 0 Å². The number of carbonyl (C=O) groups excluding carboxylic acids is 1. The van der Waals surface area contributed by atoms with Gasteiger partial charge in [0.05, 0.1) is 23.8 Å². The number of hydrogen-bond donors (Lipinski definition) is 1. The number of aromatic nitrogens is 4. The Hall–Kier alpha value is -3.54. The lowest BCUT2D eigenvalue weighted by Gasteiger charge is -2.10. The molecule has 1 aromatic carbocycles. The van der Waals surface area contributed by atoms with Gasteiger partial charge in [0.25, 0.3) is 5.91 Å². The third kappa shape index (κ3) is 2.93. The highest BCUT2D eigenvalue weighted by molar-refractivity contribution is 6.04. The lowest BCUT2D eigenvalue weighted by molar-refractivity contribution is 0.102. The molecule has 4 rings (SSSR count). The summed E-state index contributed by atoms with van der Waals surface area (Å²) in [6.45, 7) is 3.85. The van der Waals surface area contributed by atoms with Gasteiger partial charge in [0, 0.05) is 23.6 Å². The zero-order chi connectivity index (χ0) is 18.1. The minimum atomic E-state index is -0.209. The molecule has 0 unspecified atom stereocenters. The number of rotatable bonds is 3. The van der Waals surface area contributed by atoms with E-state index in [1.807, 2.05) is 56.4 Å². The van der Waals surface area contributed by atoms with Crippen LogP contribution >= 0.6 is 0 Å². The Morgan fingerprint density at radius 1 is 1.00 bits per heavy atom. The summed E-state index contributed by atoms with van der Waals surface area (Å²) in [4.78, 5) is 25.7. The number of benzene rings is 1. The number of amides is 1. The number of nitrogens with one attached hydrogen (secondary N) is 1. The third-order valence-corrected chi connectivity index (χ3v) is 4.21. The van der Waals surface area contributed by atoms with Crippen molar-refractivity contribution < 1.29 is 4.79 Å². The fourth-order valence-electron chi connectivity index (χ4n) is 2.74. The number of carbonyl (C=O) groups is 1. The number of hydrogen-bond acceptors (Lipinski definition) is 4. The van der Waals surface area contributed by atoms with Gasteiger partial charge < -0.3 is 5.32 Å². The lowest BCUT2D eigenvalue weighted by Crippen LogP contribution is -2.15. The molecule has 0 radical (unpaired) electrons. The average Bonchev–Trinajstić information content (AvgIpc) is 3.08. The van der Waals surface area contributed by atoms with Crippen LogP contribution in [0.4, 0.5) is 5.69 Å². The first-order chi connectivity index (χ1) is 12.6. The second-order valence-electron chi connectivity index (χ2n) is 6.10. The molecule has 0 saturated carbocycles. The molecule has 0 aliphatic rings. The van der Waals surface area contributed by atoms with Crippen molar-refractivity contribution in [1.82, 2.24) is 19.4 Å². The maximum Gasteiger partial charge on any atom is 0.274 e. The number of aryl methyl sites for hydroxylation is 2. The summed E-state index contributed by atoms with van der Waals surface area (Å²) in [6.07, 6.45) is 6.86. The Labute approximate surface area is 150 Å². The second kappa shape index (κ2) is 6.40. The highest BCUT2D eigenvalue weighted by Crippen LogP contribution is 2.24. The van der Waals surface area contributed by atoms with Crippen LogP contribution in [0, 0.1) is 13.8 Å². The van der Waals surface area contributed by atoms with E-state index < -0.39 is 0 Å². The summed E-state index contributed by atoms with van der Waals surface area (Å²) in [5.74, 6) is -0.209. The minimum Gasteiger partial charge on any atom is -0.320 e. The first-order valence-electron chi connectivity index (χ1n) is 8.25. The van der Waals surface area contributed by atoms with Gasteiger partial charge in [0.2, 0.25) is 0 Å². The second-order valence-corrected chi connectivity index (χ2v) is 6.10. The monoisotopic (exact) mass is 343 g/mol. The summed E-state index contributed by atoms with van der Waals surface area (Å²) in [7, 11) is 0. The SMILES string of the molecule is Cc1cnc(-c2ccc(C)c(NC(=O)c3cnc4ccccn34)c2)cn1. The van der Waals surface area contributed by atoms with E-state index in [1.165, 1.54) is 0 Å². The molecule has 0 aliphatic carbocycles. The molecule has 6 nitrogen and oxygen atoms in total. The molecule has 4 aromatic rings. The molecule has 0 atom stereocenters. The predicted molar refractivity (Wildman–Crippen MR) is 100 cm³/mol. The van der Waals surface area contributed by atoms with Crippen molar-refractivity contribution in [3.63, 3.8) is 0 Å². The summed E-state index contributed by atoms with van der Waals surface area (Å²) < 4.78 is 1.76. The van der Waals surface area contributed by atoms with Crippen LogP contribution in [0.3, 0.4) is 0 Å². The van der Waals surface area contributed by atoms with Gasteiger partial charge in [-0.1, -0.05) is 18.2 Å². The first kappa shape index (κ1) is 16.0. The fraction of sp³-hybridized carbons (Fsp3) is 0.100. The van der Waals surface area contributed by atoms with E-state index in [2.05, 4.69) is 20.3 Å². The Balaban J connectivity index is 1.66. The normalized spacial score (nSPS) is 10.8. The van der Waals surface area contributed by atoms with Crippen LogP contribution in [0.5, 0.6) is 0 Å². The van der Waals surface area contributed by atoms with Gasteiger partial charge in [-0.3, -0.25) is 19.2 Å². The Kier molecular flexibility index (Phi) is 3.93. The Morgan fingerprint density at radius 3 is 2.69 bits per heavy atom. The molecule has 1 N–H and O–H groups in total. The van der Waals surface area contributed by atoms with Crippen LogP contribution < -0.4 is 5.32 Å². The molecule has 128 valence electrons. The van der Waals surface area contributed by atoms with Gasteiger partial charge in [-0.05, 0) is 37.6 Å². The predicted octanol–water partition coefficient (Wildman–Crippen LogP) is 3.66. The van der Waals surface area contributed by atoms with Crippen LogP contribution in [0.15, 0.2) is 61.2 Å². The maximum atomic E-state index is 12.7. The Bertz CT molecular complexity index is 1100. The largest absolute Gasteiger partial charge is 0.320 e. The quantitative estimate of drug-likeness (QED) is 0.616. The van der Waals surface area contributed by atoms with Crippen molar-refractivity contribution >= 4 is 17.2 Å². The van der Waals surface area contributed by atoms with E-state index in [0.717, 1.165) is 33.8 Å². The van der Waals surface area contributed by atoms with Crippen LogP contribution in [0.25, 0.3) is 16.9 Å². The molecule has 3 heterocycles. The highest BCUT2D eigenvalue weighted by Gasteiger charge is 2.13. The van der Waals surface area contributed by atoms with Crippen molar-refractivity contribution in [2.24, 2.45) is 0 Å². The van der Waals surface area contributed by atoms with E-state index >= 15 is 0 Å². The van der Waals surface area contributed by atoms with E-state index in [1.54, 1.807) is 23.0 Å². The standard InChI is InChI=1S/C20H17N5O/c1-13-6-7-15(17-11-21-14(2)10-22-17)9-16(13)24-20(26)18-12-23-19-5-3-4-8-25(18)19/h3-12H,1-2H3,(H,24,26). The van der Waals surface area contributed by atoms with Crippen LogP contribution in [-0.2, 0) is 0 Å². The van der Waals surface area contributed by atoms with E-state index in [9.17, 15) is 4.79 Å². The number of anilines is 1. The van der Waals surface area contributed by atoms with Crippen molar-refractivity contribution in [3.05, 3.63) is 78.1 Å². The summed E-state index contributed by atoms with van der Waals surface area (Å²) in [5, 5.41) is 2.98. The van der Waals surface area contributed by atoms with Crippen LogP contribution in [-0.4, -0.2) is 25.3 Å².